The van der Waals surface area contributed by atoms with E-state index >= 15 is 0 Å². The quantitative estimate of drug-likeness (QED) is 0.410. The Morgan fingerprint density at radius 2 is 1.06 bits per heavy atom. The molecule has 3 aromatic rings. The highest BCUT2D eigenvalue weighted by Crippen LogP contribution is 2.29. The van der Waals surface area contributed by atoms with Crippen molar-refractivity contribution in [3.05, 3.63) is 77.4 Å². The summed E-state index contributed by atoms with van der Waals surface area (Å²) in [5.74, 6) is 4.11. The van der Waals surface area contributed by atoms with Crippen LogP contribution in [0.15, 0.2) is 60.7 Å². The molecule has 0 fully saturated rings. The largest absolute Gasteiger partial charge is 0.497 e. The molecule has 0 aromatic heterocycles. The van der Waals surface area contributed by atoms with Crippen LogP contribution in [-0.2, 0) is 19.4 Å². The summed E-state index contributed by atoms with van der Waals surface area (Å²) in [6, 6.07) is 19.8. The van der Waals surface area contributed by atoms with Crippen molar-refractivity contribution in [2.45, 2.75) is 25.9 Å². The minimum absolute atomic E-state index is 0.483. The number of hydrogen-bond acceptors (Lipinski definition) is 5. The Kier molecular flexibility index (Phi) is 8.05. The van der Waals surface area contributed by atoms with Crippen LogP contribution in [0.3, 0.4) is 0 Å². The lowest BCUT2D eigenvalue weighted by Gasteiger charge is -2.14. The van der Waals surface area contributed by atoms with E-state index in [-0.39, 0.29) is 0 Å². The summed E-state index contributed by atoms with van der Waals surface area (Å²) in [6.45, 7) is 0.483. The summed E-state index contributed by atoms with van der Waals surface area (Å²) in [5, 5.41) is 0. The van der Waals surface area contributed by atoms with Crippen LogP contribution in [0.25, 0.3) is 0 Å². The normalized spacial score (nSPS) is 10.5. The Bertz CT molecular complexity index is 966. The fraction of sp³-hybridized carbons (Fsp3) is 0.308. The van der Waals surface area contributed by atoms with Gasteiger partial charge in [-0.25, -0.2) is 0 Å². The molecule has 0 bridgehead atoms. The average molecular weight is 423 g/mol. The van der Waals surface area contributed by atoms with E-state index in [1.54, 1.807) is 28.4 Å². The van der Waals surface area contributed by atoms with Crippen LogP contribution >= 0.6 is 0 Å². The third-order valence-corrected chi connectivity index (χ3v) is 5.21. The van der Waals surface area contributed by atoms with Gasteiger partial charge in [-0.15, -0.1) is 0 Å². The van der Waals surface area contributed by atoms with E-state index in [0.717, 1.165) is 64.7 Å². The summed E-state index contributed by atoms with van der Waals surface area (Å²) in [7, 11) is 6.67. The Labute approximate surface area is 184 Å². The highest BCUT2D eigenvalue weighted by molar-refractivity contribution is 5.42. The van der Waals surface area contributed by atoms with E-state index < -0.39 is 0 Å². The fourth-order valence-electron chi connectivity index (χ4n) is 3.41. The van der Waals surface area contributed by atoms with Crippen LogP contribution in [-0.4, -0.2) is 28.4 Å². The van der Waals surface area contributed by atoms with Crippen LogP contribution in [0.1, 0.15) is 23.1 Å². The maximum absolute atomic E-state index is 6.16. The van der Waals surface area contributed by atoms with Gasteiger partial charge < -0.3 is 23.7 Å². The Morgan fingerprint density at radius 3 is 1.61 bits per heavy atom. The van der Waals surface area contributed by atoms with Crippen molar-refractivity contribution in [2.24, 2.45) is 0 Å². The van der Waals surface area contributed by atoms with Crippen LogP contribution in [0.5, 0.6) is 28.7 Å². The van der Waals surface area contributed by atoms with Crippen molar-refractivity contribution >= 4 is 0 Å². The lowest BCUT2D eigenvalue weighted by Crippen LogP contribution is -2.01. The molecule has 31 heavy (non-hydrogen) atoms. The van der Waals surface area contributed by atoms with Crippen LogP contribution in [0, 0.1) is 0 Å². The third kappa shape index (κ3) is 6.07. The zero-order chi connectivity index (χ0) is 22.1. The molecule has 0 amide bonds. The third-order valence-electron chi connectivity index (χ3n) is 5.21. The first-order chi connectivity index (χ1) is 15.2. The molecule has 3 rings (SSSR count). The molecular formula is C26H30O5. The van der Waals surface area contributed by atoms with Gasteiger partial charge in [-0.3, -0.25) is 0 Å². The van der Waals surface area contributed by atoms with Gasteiger partial charge in [-0.2, -0.15) is 0 Å². The number of aryl methyl sites for hydroxylation is 2. The van der Waals surface area contributed by atoms with E-state index in [0.29, 0.717) is 6.61 Å². The number of rotatable bonds is 11. The first kappa shape index (κ1) is 22.3. The van der Waals surface area contributed by atoms with Crippen molar-refractivity contribution in [3.8, 4) is 28.7 Å². The Morgan fingerprint density at radius 1 is 0.548 bits per heavy atom. The van der Waals surface area contributed by atoms with E-state index in [9.17, 15) is 0 Å². The highest BCUT2D eigenvalue weighted by Gasteiger charge is 2.09. The van der Waals surface area contributed by atoms with Gasteiger partial charge in [-0.05, 0) is 60.2 Å². The second kappa shape index (κ2) is 11.2. The summed E-state index contributed by atoms with van der Waals surface area (Å²) in [6.07, 6.45) is 2.75. The molecule has 5 heteroatoms. The van der Waals surface area contributed by atoms with E-state index in [2.05, 4.69) is 12.1 Å². The topological polar surface area (TPSA) is 46.2 Å². The smallest absolute Gasteiger partial charge is 0.126 e. The van der Waals surface area contributed by atoms with Gasteiger partial charge >= 0.3 is 0 Å². The molecule has 0 saturated carbocycles. The van der Waals surface area contributed by atoms with E-state index in [4.69, 9.17) is 23.7 Å². The molecule has 0 N–H and O–H groups in total. The molecule has 0 spiro atoms. The van der Waals surface area contributed by atoms with Gasteiger partial charge in [-0.1, -0.05) is 24.3 Å². The molecule has 5 nitrogen and oxygen atoms in total. The van der Waals surface area contributed by atoms with E-state index in [1.807, 2.05) is 48.5 Å². The molecule has 0 heterocycles. The zero-order valence-electron chi connectivity index (χ0n) is 18.6. The number of methoxy groups -OCH3 is 4. The number of benzene rings is 3. The van der Waals surface area contributed by atoms with Crippen molar-refractivity contribution in [2.75, 3.05) is 28.4 Å². The van der Waals surface area contributed by atoms with Gasteiger partial charge in [0, 0.05) is 12.1 Å². The minimum atomic E-state index is 0.483. The molecule has 0 radical (unpaired) electrons. The van der Waals surface area contributed by atoms with Gasteiger partial charge in [0.1, 0.15) is 35.4 Å². The van der Waals surface area contributed by atoms with Crippen molar-refractivity contribution < 1.29 is 23.7 Å². The van der Waals surface area contributed by atoms with Gasteiger partial charge in [0.2, 0.25) is 0 Å². The number of hydrogen-bond donors (Lipinski definition) is 0. The first-order valence-electron chi connectivity index (χ1n) is 10.3. The lowest BCUT2D eigenvalue weighted by atomic mass is 10.0. The number of ether oxygens (including phenoxy) is 5. The fourth-order valence-corrected chi connectivity index (χ4v) is 3.41. The molecule has 0 saturated heterocycles. The second-order valence-corrected chi connectivity index (χ2v) is 7.14. The van der Waals surface area contributed by atoms with Crippen molar-refractivity contribution in [1.82, 2.24) is 0 Å². The molecule has 0 unspecified atom stereocenters. The average Bonchev–Trinajstić information content (AvgIpc) is 2.83. The van der Waals surface area contributed by atoms with Gasteiger partial charge in [0.05, 0.1) is 28.4 Å². The highest BCUT2D eigenvalue weighted by atomic mass is 16.5. The van der Waals surface area contributed by atoms with Crippen LogP contribution in [0.2, 0.25) is 0 Å². The molecule has 3 aromatic carbocycles. The van der Waals surface area contributed by atoms with Gasteiger partial charge in [0.25, 0.3) is 0 Å². The summed E-state index contributed by atoms with van der Waals surface area (Å²) in [5.41, 5.74) is 3.40. The van der Waals surface area contributed by atoms with Crippen molar-refractivity contribution in [3.63, 3.8) is 0 Å². The zero-order valence-corrected chi connectivity index (χ0v) is 18.6. The Balaban J connectivity index is 1.66. The predicted molar refractivity (Wildman–Crippen MR) is 122 cm³/mol. The van der Waals surface area contributed by atoms with Crippen LogP contribution < -0.4 is 23.7 Å². The van der Waals surface area contributed by atoms with Crippen molar-refractivity contribution in [1.29, 1.82) is 0 Å². The molecule has 164 valence electrons. The summed E-state index contributed by atoms with van der Waals surface area (Å²) < 4.78 is 27.6. The predicted octanol–water partition coefficient (Wildman–Crippen LogP) is 5.48. The molecule has 0 aliphatic rings. The molecular weight excluding hydrogens is 392 g/mol. The summed E-state index contributed by atoms with van der Waals surface area (Å²) >= 11 is 0. The molecule has 0 atom stereocenters. The molecule has 0 aliphatic heterocycles. The SMILES string of the molecule is COc1ccc(COc2cc(OC)ccc2CCCc2ccc(OC)cc2OC)cc1. The van der Waals surface area contributed by atoms with Gasteiger partial charge in [0.15, 0.2) is 0 Å². The Hall–Kier alpha value is -3.34. The second-order valence-electron chi connectivity index (χ2n) is 7.14. The lowest BCUT2D eigenvalue weighted by molar-refractivity contribution is 0.300. The monoisotopic (exact) mass is 422 g/mol. The maximum atomic E-state index is 6.16. The molecule has 0 aliphatic carbocycles. The summed E-state index contributed by atoms with van der Waals surface area (Å²) in [4.78, 5) is 0. The first-order valence-corrected chi connectivity index (χ1v) is 10.3. The van der Waals surface area contributed by atoms with Crippen LogP contribution in [0.4, 0.5) is 0 Å². The maximum Gasteiger partial charge on any atom is 0.126 e. The standard InChI is InChI=1S/C26H30O5/c1-27-22-12-8-19(9-13-22)18-31-26-17-24(29-3)15-11-21(26)7-5-6-20-10-14-23(28-2)16-25(20)30-4/h8-17H,5-7,18H2,1-4H3. The van der Waals surface area contributed by atoms with E-state index in [1.165, 1.54) is 0 Å². The minimum Gasteiger partial charge on any atom is -0.497 e.